The first-order chi connectivity index (χ1) is 16.6. The summed E-state index contributed by atoms with van der Waals surface area (Å²) in [5.41, 5.74) is 10.4. The molecule has 5 rings (SSSR count). The number of aryl methyl sites for hydroxylation is 2. The smallest absolute Gasteiger partial charge is 0.272 e. The Labute approximate surface area is 198 Å². The number of nitrogens with one attached hydrogen (secondary N) is 1. The Morgan fingerprint density at radius 3 is 2.50 bits per heavy atom. The number of carbonyl (C=O) groups is 1. The van der Waals surface area contributed by atoms with Crippen molar-refractivity contribution in [1.82, 2.24) is 15.0 Å². The minimum Gasteiger partial charge on any atom is -0.344 e. The molecule has 0 fully saturated rings. The molecule has 1 amide bonds. The monoisotopic (exact) mass is 446 g/mol. The standard InChI is InChI=1S/C29H26N4O/c1-4-33-20(3)25(23-15-10-11-19(2)28(23)33)18-30-32-29(34)24-17-27(21-12-6-5-7-13-21)31-26-16-9-8-14-22(24)26/h5-18H,4H2,1-3H3,(H,32,34)/b30-18+. The van der Waals surface area contributed by atoms with Crippen molar-refractivity contribution in [2.75, 3.05) is 0 Å². The fourth-order valence-electron chi connectivity index (χ4n) is 4.64. The number of fused-ring (bicyclic) bond motifs is 2. The molecule has 0 radical (unpaired) electrons. The molecule has 0 saturated heterocycles. The number of nitrogens with zero attached hydrogens (tertiary/aromatic N) is 3. The summed E-state index contributed by atoms with van der Waals surface area (Å²) in [6, 6.07) is 25.7. The van der Waals surface area contributed by atoms with Gasteiger partial charge in [0.2, 0.25) is 0 Å². The van der Waals surface area contributed by atoms with E-state index in [1.54, 1.807) is 6.21 Å². The number of para-hydroxylation sites is 2. The topological polar surface area (TPSA) is 59.3 Å². The summed E-state index contributed by atoms with van der Waals surface area (Å²) in [5.74, 6) is -0.264. The third kappa shape index (κ3) is 3.75. The molecule has 0 atom stereocenters. The van der Waals surface area contributed by atoms with E-state index in [4.69, 9.17) is 4.98 Å². The van der Waals surface area contributed by atoms with Gasteiger partial charge >= 0.3 is 0 Å². The number of hydrazone groups is 1. The summed E-state index contributed by atoms with van der Waals surface area (Å²) in [6.45, 7) is 7.23. The van der Waals surface area contributed by atoms with E-state index in [2.05, 4.69) is 54.1 Å². The molecule has 1 N–H and O–H groups in total. The predicted octanol–water partition coefficient (Wildman–Crippen LogP) is 6.26. The maximum absolute atomic E-state index is 13.2. The maximum atomic E-state index is 13.2. The maximum Gasteiger partial charge on any atom is 0.272 e. The highest BCUT2D eigenvalue weighted by Gasteiger charge is 2.15. The van der Waals surface area contributed by atoms with Crippen molar-refractivity contribution < 1.29 is 4.79 Å². The molecule has 2 aromatic heterocycles. The lowest BCUT2D eigenvalue weighted by atomic mass is 10.0. The number of hydrogen-bond donors (Lipinski definition) is 1. The number of rotatable bonds is 5. The van der Waals surface area contributed by atoms with Crippen LogP contribution in [0.15, 0.2) is 84.0 Å². The molecule has 0 aliphatic carbocycles. The van der Waals surface area contributed by atoms with Crippen LogP contribution in [0.25, 0.3) is 33.1 Å². The van der Waals surface area contributed by atoms with Crippen molar-refractivity contribution in [1.29, 1.82) is 0 Å². The quantitative estimate of drug-likeness (QED) is 0.256. The lowest BCUT2D eigenvalue weighted by Crippen LogP contribution is -2.18. The second-order valence-electron chi connectivity index (χ2n) is 8.35. The van der Waals surface area contributed by atoms with Crippen LogP contribution in [0.2, 0.25) is 0 Å². The van der Waals surface area contributed by atoms with Crippen LogP contribution < -0.4 is 5.43 Å². The van der Waals surface area contributed by atoms with E-state index in [1.165, 1.54) is 11.1 Å². The van der Waals surface area contributed by atoms with E-state index in [0.29, 0.717) is 5.56 Å². The highest BCUT2D eigenvalue weighted by atomic mass is 16.2. The highest BCUT2D eigenvalue weighted by Crippen LogP contribution is 2.28. The van der Waals surface area contributed by atoms with Gasteiger partial charge in [0.25, 0.3) is 5.91 Å². The van der Waals surface area contributed by atoms with Crippen LogP contribution in [0.4, 0.5) is 0 Å². The third-order valence-corrected chi connectivity index (χ3v) is 6.30. The summed E-state index contributed by atoms with van der Waals surface area (Å²) < 4.78 is 2.29. The normalized spacial score (nSPS) is 11.5. The van der Waals surface area contributed by atoms with Gasteiger partial charge in [0.15, 0.2) is 0 Å². The number of pyridine rings is 1. The first-order valence-electron chi connectivity index (χ1n) is 11.5. The van der Waals surface area contributed by atoms with Crippen LogP contribution in [-0.2, 0) is 6.54 Å². The van der Waals surface area contributed by atoms with E-state index in [1.807, 2.05) is 60.7 Å². The van der Waals surface area contributed by atoms with Gasteiger partial charge in [-0.25, -0.2) is 10.4 Å². The average Bonchev–Trinajstić information content (AvgIpc) is 3.15. The first kappa shape index (κ1) is 21.6. The molecule has 2 heterocycles. The lowest BCUT2D eigenvalue weighted by molar-refractivity contribution is 0.0956. The second-order valence-corrected chi connectivity index (χ2v) is 8.35. The molecule has 5 nitrogen and oxygen atoms in total. The van der Waals surface area contributed by atoms with E-state index < -0.39 is 0 Å². The Morgan fingerprint density at radius 2 is 1.71 bits per heavy atom. The van der Waals surface area contributed by atoms with Crippen LogP contribution in [0.3, 0.4) is 0 Å². The van der Waals surface area contributed by atoms with Gasteiger partial charge in [-0.15, -0.1) is 0 Å². The van der Waals surface area contributed by atoms with Gasteiger partial charge in [-0.1, -0.05) is 66.7 Å². The molecular formula is C29H26N4O. The molecule has 0 bridgehead atoms. The SMILES string of the molecule is CCn1c(C)c(/C=N/NC(=O)c2cc(-c3ccccc3)nc3ccccc23)c2cccc(C)c21. The van der Waals surface area contributed by atoms with E-state index in [-0.39, 0.29) is 5.91 Å². The summed E-state index contributed by atoms with van der Waals surface area (Å²) in [6.07, 6.45) is 1.75. The molecule has 168 valence electrons. The van der Waals surface area contributed by atoms with Gasteiger partial charge < -0.3 is 4.57 Å². The highest BCUT2D eigenvalue weighted by molar-refractivity contribution is 6.08. The van der Waals surface area contributed by atoms with Crippen LogP contribution in [0.1, 0.15) is 34.1 Å². The molecular weight excluding hydrogens is 420 g/mol. The van der Waals surface area contributed by atoms with Crippen molar-refractivity contribution in [2.45, 2.75) is 27.3 Å². The zero-order chi connectivity index (χ0) is 23.7. The fraction of sp³-hybridized carbons (Fsp3) is 0.138. The second kappa shape index (κ2) is 8.94. The Balaban J connectivity index is 1.51. The van der Waals surface area contributed by atoms with Crippen LogP contribution >= 0.6 is 0 Å². The number of benzene rings is 3. The van der Waals surface area contributed by atoms with Gasteiger partial charge in [0, 0.05) is 34.1 Å². The Hall–Kier alpha value is -4.25. The molecule has 0 aliphatic rings. The van der Waals surface area contributed by atoms with Gasteiger partial charge in [-0.2, -0.15) is 5.10 Å². The largest absolute Gasteiger partial charge is 0.344 e. The molecule has 34 heavy (non-hydrogen) atoms. The van der Waals surface area contributed by atoms with Crippen molar-refractivity contribution in [2.24, 2.45) is 5.10 Å². The number of hydrogen-bond acceptors (Lipinski definition) is 3. The third-order valence-electron chi connectivity index (χ3n) is 6.30. The molecule has 3 aromatic carbocycles. The minimum atomic E-state index is -0.264. The van der Waals surface area contributed by atoms with Gasteiger partial charge in [-0.05, 0) is 38.5 Å². The van der Waals surface area contributed by atoms with Gasteiger partial charge in [0.05, 0.1) is 28.5 Å². The lowest BCUT2D eigenvalue weighted by Gasteiger charge is -2.09. The molecule has 5 aromatic rings. The van der Waals surface area contributed by atoms with Crippen molar-refractivity contribution in [3.8, 4) is 11.3 Å². The number of amides is 1. The van der Waals surface area contributed by atoms with Crippen LogP contribution in [0, 0.1) is 13.8 Å². The Bertz CT molecular complexity index is 1550. The van der Waals surface area contributed by atoms with Gasteiger partial charge in [0.1, 0.15) is 0 Å². The van der Waals surface area contributed by atoms with Crippen molar-refractivity contribution >= 4 is 33.9 Å². The Kier molecular flexibility index (Phi) is 5.68. The van der Waals surface area contributed by atoms with E-state index in [0.717, 1.165) is 45.3 Å². The van der Waals surface area contributed by atoms with Gasteiger partial charge in [-0.3, -0.25) is 4.79 Å². The zero-order valence-corrected chi connectivity index (χ0v) is 19.5. The molecule has 0 unspecified atom stereocenters. The zero-order valence-electron chi connectivity index (χ0n) is 19.5. The predicted molar refractivity (Wildman–Crippen MR) is 139 cm³/mol. The summed E-state index contributed by atoms with van der Waals surface area (Å²) >= 11 is 0. The Morgan fingerprint density at radius 1 is 0.971 bits per heavy atom. The van der Waals surface area contributed by atoms with Crippen molar-refractivity contribution in [3.63, 3.8) is 0 Å². The number of aromatic nitrogens is 2. The van der Waals surface area contributed by atoms with Crippen molar-refractivity contribution in [3.05, 3.63) is 101 Å². The van der Waals surface area contributed by atoms with Crippen LogP contribution in [0.5, 0.6) is 0 Å². The number of carbonyl (C=O) groups excluding carboxylic acids is 1. The summed E-state index contributed by atoms with van der Waals surface area (Å²) in [7, 11) is 0. The molecule has 0 spiro atoms. The average molecular weight is 447 g/mol. The van der Waals surface area contributed by atoms with Crippen LogP contribution in [-0.4, -0.2) is 21.7 Å². The fourth-order valence-corrected chi connectivity index (χ4v) is 4.64. The molecule has 5 heteroatoms. The minimum absolute atomic E-state index is 0.264. The molecule has 0 aliphatic heterocycles. The summed E-state index contributed by atoms with van der Waals surface area (Å²) in [5, 5.41) is 6.29. The molecule has 0 saturated carbocycles. The summed E-state index contributed by atoms with van der Waals surface area (Å²) in [4.78, 5) is 18.0. The first-order valence-corrected chi connectivity index (χ1v) is 11.5. The van der Waals surface area contributed by atoms with E-state index >= 15 is 0 Å². The van der Waals surface area contributed by atoms with E-state index in [9.17, 15) is 4.79 Å².